The van der Waals surface area contributed by atoms with Gasteiger partial charge in [-0.25, -0.2) is 4.79 Å². The predicted molar refractivity (Wildman–Crippen MR) is 116 cm³/mol. The van der Waals surface area contributed by atoms with Gasteiger partial charge in [0.15, 0.2) is 0 Å². The van der Waals surface area contributed by atoms with Gasteiger partial charge in [0.1, 0.15) is 0 Å². The van der Waals surface area contributed by atoms with Gasteiger partial charge in [-0.3, -0.25) is 9.59 Å². The molecule has 0 atom stereocenters. The van der Waals surface area contributed by atoms with Gasteiger partial charge in [-0.15, -0.1) is 5.06 Å². The van der Waals surface area contributed by atoms with Crippen molar-refractivity contribution in [2.75, 3.05) is 0 Å². The standard InChI is InChI=1S/C24H35NO4/c1-2-3-4-5-6-7-8-9-10-11-12-13-14-15-16-17-18-19-24(28)29-25-22(26)20-21-23(25)27/h3-4,6-7,9-10,12-13H,2,5,8,11,14-21H2,1H3/b4-3-,7-6-,10-9-,13-12-. The van der Waals surface area contributed by atoms with Crippen LogP contribution in [0.25, 0.3) is 0 Å². The Morgan fingerprint density at radius 2 is 1.31 bits per heavy atom. The van der Waals surface area contributed by atoms with Crippen LogP contribution >= 0.6 is 0 Å². The third-order valence-electron chi connectivity index (χ3n) is 4.42. The number of hydroxylamine groups is 2. The predicted octanol–water partition coefficient (Wildman–Crippen LogP) is 5.74. The first kappa shape index (κ1) is 24.6. The van der Waals surface area contributed by atoms with Crippen LogP contribution in [0.1, 0.15) is 84.0 Å². The number of carbonyl (C=O) groups excluding carboxylic acids is 3. The lowest BCUT2D eigenvalue weighted by molar-refractivity contribution is -0.197. The number of amides is 2. The molecule has 0 N–H and O–H groups in total. The number of hydrogen-bond acceptors (Lipinski definition) is 4. The first-order chi connectivity index (χ1) is 14.1. The van der Waals surface area contributed by atoms with E-state index in [0.717, 1.165) is 51.4 Å². The summed E-state index contributed by atoms with van der Waals surface area (Å²) in [6, 6.07) is 0. The van der Waals surface area contributed by atoms with E-state index >= 15 is 0 Å². The van der Waals surface area contributed by atoms with Crippen LogP contribution in [0.2, 0.25) is 0 Å². The van der Waals surface area contributed by atoms with Gasteiger partial charge in [-0.05, 0) is 44.9 Å². The Kier molecular flexibility index (Phi) is 14.0. The van der Waals surface area contributed by atoms with Gasteiger partial charge < -0.3 is 4.84 Å². The Hall–Kier alpha value is -2.43. The molecule has 0 aromatic heterocycles. The van der Waals surface area contributed by atoms with Gasteiger partial charge in [0.2, 0.25) is 0 Å². The number of nitrogens with zero attached hydrogens (tertiary/aromatic N) is 1. The minimum absolute atomic E-state index is 0.128. The third kappa shape index (κ3) is 12.6. The molecule has 1 fully saturated rings. The van der Waals surface area contributed by atoms with Crippen LogP contribution in [0, 0.1) is 0 Å². The summed E-state index contributed by atoms with van der Waals surface area (Å²) < 4.78 is 0. The monoisotopic (exact) mass is 401 g/mol. The Bertz CT molecular complexity index is 600. The molecule has 1 heterocycles. The molecule has 5 nitrogen and oxygen atoms in total. The summed E-state index contributed by atoms with van der Waals surface area (Å²) in [4.78, 5) is 39.2. The van der Waals surface area contributed by atoms with E-state index in [2.05, 4.69) is 55.5 Å². The molecular formula is C24H35NO4. The third-order valence-corrected chi connectivity index (χ3v) is 4.42. The van der Waals surface area contributed by atoms with Crippen molar-refractivity contribution in [1.29, 1.82) is 0 Å². The molecule has 0 saturated carbocycles. The number of rotatable bonds is 15. The molecule has 1 saturated heterocycles. The van der Waals surface area contributed by atoms with Crippen LogP contribution in [0.5, 0.6) is 0 Å². The summed E-state index contributed by atoms with van der Waals surface area (Å²) in [5, 5.41) is 0.614. The van der Waals surface area contributed by atoms with Crippen LogP contribution in [0.15, 0.2) is 48.6 Å². The second-order valence-electron chi connectivity index (χ2n) is 7.00. The maximum absolute atomic E-state index is 11.7. The summed E-state index contributed by atoms with van der Waals surface area (Å²) in [5.41, 5.74) is 0. The van der Waals surface area contributed by atoms with Crippen LogP contribution in [-0.2, 0) is 19.2 Å². The molecule has 0 aromatic rings. The van der Waals surface area contributed by atoms with E-state index in [-0.39, 0.29) is 19.3 Å². The van der Waals surface area contributed by atoms with Crippen molar-refractivity contribution in [3.05, 3.63) is 48.6 Å². The fourth-order valence-electron chi connectivity index (χ4n) is 2.79. The van der Waals surface area contributed by atoms with E-state index in [1.54, 1.807) is 0 Å². The van der Waals surface area contributed by atoms with Crippen molar-refractivity contribution in [3.63, 3.8) is 0 Å². The minimum Gasteiger partial charge on any atom is -0.330 e. The first-order valence-electron chi connectivity index (χ1n) is 10.8. The molecule has 2 amide bonds. The second kappa shape index (κ2) is 16.5. The molecule has 0 radical (unpaired) electrons. The van der Waals surface area contributed by atoms with E-state index in [1.165, 1.54) is 0 Å². The smallest absolute Gasteiger partial charge is 0.330 e. The Morgan fingerprint density at radius 3 is 1.90 bits per heavy atom. The van der Waals surface area contributed by atoms with Crippen molar-refractivity contribution in [1.82, 2.24) is 5.06 Å². The van der Waals surface area contributed by atoms with Crippen LogP contribution < -0.4 is 0 Å². The number of allylic oxidation sites excluding steroid dienone is 8. The van der Waals surface area contributed by atoms with E-state index in [1.807, 2.05) is 0 Å². The molecule has 5 heteroatoms. The van der Waals surface area contributed by atoms with Crippen LogP contribution in [0.3, 0.4) is 0 Å². The fourth-order valence-corrected chi connectivity index (χ4v) is 2.79. The average molecular weight is 402 g/mol. The highest BCUT2D eigenvalue weighted by Gasteiger charge is 2.32. The Balaban J connectivity index is 1.93. The lowest BCUT2D eigenvalue weighted by atomic mass is 10.1. The average Bonchev–Trinajstić information content (AvgIpc) is 3.02. The lowest BCUT2D eigenvalue weighted by Gasteiger charge is -2.12. The Morgan fingerprint density at radius 1 is 0.793 bits per heavy atom. The van der Waals surface area contributed by atoms with Crippen molar-refractivity contribution in [2.24, 2.45) is 0 Å². The van der Waals surface area contributed by atoms with Gasteiger partial charge >= 0.3 is 5.97 Å². The molecule has 1 aliphatic rings. The van der Waals surface area contributed by atoms with Gasteiger partial charge in [0.05, 0.1) is 0 Å². The highest BCUT2D eigenvalue weighted by atomic mass is 16.7. The zero-order chi connectivity index (χ0) is 21.2. The number of imide groups is 1. The maximum atomic E-state index is 11.7. The first-order valence-corrected chi connectivity index (χ1v) is 10.8. The number of hydrogen-bond donors (Lipinski definition) is 0. The number of carbonyl (C=O) groups is 3. The molecule has 0 unspecified atom stereocenters. The number of unbranched alkanes of at least 4 members (excludes halogenated alkanes) is 4. The van der Waals surface area contributed by atoms with Crippen molar-refractivity contribution < 1.29 is 19.2 Å². The SMILES string of the molecule is CC/C=C\C/C=C\C/C=C\C/C=C\CCCCCCC(=O)ON1C(=O)CCC1=O. The summed E-state index contributed by atoms with van der Waals surface area (Å²) in [6.45, 7) is 2.14. The molecule has 1 rings (SSSR count). The summed E-state index contributed by atoms with van der Waals surface area (Å²) in [7, 11) is 0. The topological polar surface area (TPSA) is 63.7 Å². The van der Waals surface area contributed by atoms with E-state index in [4.69, 9.17) is 4.84 Å². The zero-order valence-corrected chi connectivity index (χ0v) is 17.7. The zero-order valence-electron chi connectivity index (χ0n) is 17.7. The second-order valence-corrected chi connectivity index (χ2v) is 7.00. The van der Waals surface area contributed by atoms with E-state index < -0.39 is 17.8 Å². The van der Waals surface area contributed by atoms with Crippen molar-refractivity contribution >= 4 is 17.8 Å². The van der Waals surface area contributed by atoms with E-state index in [9.17, 15) is 14.4 Å². The molecule has 29 heavy (non-hydrogen) atoms. The molecule has 0 aromatic carbocycles. The quantitative estimate of drug-likeness (QED) is 0.199. The van der Waals surface area contributed by atoms with Crippen molar-refractivity contribution in [2.45, 2.75) is 84.0 Å². The van der Waals surface area contributed by atoms with Crippen LogP contribution in [-0.4, -0.2) is 22.8 Å². The molecule has 0 spiro atoms. The molecule has 0 aliphatic carbocycles. The van der Waals surface area contributed by atoms with Gasteiger partial charge in [-0.1, -0.05) is 68.4 Å². The Labute approximate surface area is 175 Å². The minimum atomic E-state index is -0.507. The summed E-state index contributed by atoms with van der Waals surface area (Å²) >= 11 is 0. The van der Waals surface area contributed by atoms with Crippen molar-refractivity contribution in [3.8, 4) is 0 Å². The lowest BCUT2D eigenvalue weighted by Crippen LogP contribution is -2.31. The normalized spacial score (nSPS) is 15.1. The molecule has 0 bridgehead atoms. The van der Waals surface area contributed by atoms with Gasteiger partial charge in [0.25, 0.3) is 11.8 Å². The highest BCUT2D eigenvalue weighted by Crippen LogP contribution is 2.14. The highest BCUT2D eigenvalue weighted by molar-refractivity contribution is 6.01. The molecule has 1 aliphatic heterocycles. The molecule has 160 valence electrons. The summed E-state index contributed by atoms with van der Waals surface area (Å²) in [6.07, 6.45) is 26.9. The van der Waals surface area contributed by atoms with Crippen LogP contribution in [0.4, 0.5) is 0 Å². The van der Waals surface area contributed by atoms with Gasteiger partial charge in [0, 0.05) is 19.3 Å². The fraction of sp³-hybridized carbons (Fsp3) is 0.542. The largest absolute Gasteiger partial charge is 0.333 e. The summed E-state index contributed by atoms with van der Waals surface area (Å²) in [5.74, 6) is -1.37. The molecular weight excluding hydrogens is 366 g/mol. The van der Waals surface area contributed by atoms with E-state index in [0.29, 0.717) is 11.5 Å². The maximum Gasteiger partial charge on any atom is 0.333 e. The van der Waals surface area contributed by atoms with Gasteiger partial charge in [-0.2, -0.15) is 0 Å².